The van der Waals surface area contributed by atoms with E-state index in [0.29, 0.717) is 10.6 Å². The summed E-state index contributed by atoms with van der Waals surface area (Å²) in [6.45, 7) is -2.87. The van der Waals surface area contributed by atoms with Gasteiger partial charge in [0.05, 0.1) is 17.3 Å². The topological polar surface area (TPSA) is 57.7 Å². The molecule has 2 aromatic carbocycles. The van der Waals surface area contributed by atoms with Crippen LogP contribution in [0.1, 0.15) is 10.6 Å². The molecule has 0 aliphatic carbocycles. The van der Waals surface area contributed by atoms with Crippen LogP contribution in [0.25, 0.3) is 16.3 Å². The van der Waals surface area contributed by atoms with Crippen LogP contribution in [0.2, 0.25) is 0 Å². The summed E-state index contributed by atoms with van der Waals surface area (Å²) in [5.41, 5.74) is 1.44. The molecule has 0 radical (unpaired) electrons. The molecule has 3 aromatic rings. The number of carbonyl (C=O) groups is 1. The number of benzene rings is 2. The predicted octanol–water partition coefficient (Wildman–Crippen LogP) is 4.66. The first kappa shape index (κ1) is 18.8. The van der Waals surface area contributed by atoms with Crippen molar-refractivity contribution in [1.82, 2.24) is 4.98 Å². The smallest absolute Gasteiger partial charge is 0.387 e. The maximum Gasteiger partial charge on any atom is 0.387 e. The fourth-order valence-electron chi connectivity index (χ4n) is 2.31. The molecule has 8 heteroatoms. The third kappa shape index (κ3) is 5.01. The van der Waals surface area contributed by atoms with Gasteiger partial charge in [-0.05, 0) is 35.9 Å². The van der Waals surface area contributed by atoms with E-state index in [1.54, 1.807) is 0 Å². The summed E-state index contributed by atoms with van der Waals surface area (Å²) in [5.74, 6) is -0.482. The number of methoxy groups -OCH3 is 1. The number of para-hydroxylation sites is 1. The normalized spacial score (nSPS) is 11.3. The Balaban J connectivity index is 1.60. The largest absolute Gasteiger partial charge is 0.493 e. The summed E-state index contributed by atoms with van der Waals surface area (Å²) < 4.78 is 40.2. The number of ether oxygens (including phenoxy) is 3. The van der Waals surface area contributed by atoms with E-state index in [-0.39, 0.29) is 18.1 Å². The molecule has 0 aliphatic heterocycles. The highest BCUT2D eigenvalue weighted by molar-refractivity contribution is 7.18. The summed E-state index contributed by atoms with van der Waals surface area (Å²) >= 11 is 1.46. The second-order valence-corrected chi connectivity index (χ2v) is 6.42. The SMILES string of the molecule is COc1cc(/C=C/C(=O)OCc2nc3ccccc3s2)ccc1OC(F)F. The lowest BCUT2D eigenvalue weighted by Gasteiger charge is -2.10. The Kier molecular flexibility index (Phi) is 5.97. The fraction of sp³-hybridized carbons (Fsp3) is 0.158. The minimum atomic E-state index is -2.95. The molecule has 0 N–H and O–H groups in total. The molecule has 0 spiro atoms. The van der Waals surface area contributed by atoms with Crippen LogP contribution in [0, 0.1) is 0 Å². The van der Waals surface area contributed by atoms with E-state index >= 15 is 0 Å². The van der Waals surface area contributed by atoms with Gasteiger partial charge < -0.3 is 14.2 Å². The van der Waals surface area contributed by atoms with Crippen LogP contribution < -0.4 is 9.47 Å². The van der Waals surface area contributed by atoms with Crippen molar-refractivity contribution in [3.63, 3.8) is 0 Å². The first-order valence-corrected chi connectivity index (χ1v) is 8.69. The molecular formula is C19H15F2NO4S. The van der Waals surface area contributed by atoms with Crippen LogP contribution in [0.5, 0.6) is 11.5 Å². The second kappa shape index (κ2) is 8.59. The molecule has 0 atom stereocenters. The number of alkyl halides is 2. The zero-order valence-electron chi connectivity index (χ0n) is 14.2. The number of fused-ring (bicyclic) bond motifs is 1. The van der Waals surface area contributed by atoms with Gasteiger partial charge in [0.2, 0.25) is 0 Å². The fourth-order valence-corrected chi connectivity index (χ4v) is 3.19. The number of esters is 1. The van der Waals surface area contributed by atoms with E-state index in [2.05, 4.69) is 9.72 Å². The number of carbonyl (C=O) groups excluding carboxylic acids is 1. The lowest BCUT2D eigenvalue weighted by molar-refractivity contribution is -0.138. The van der Waals surface area contributed by atoms with Crippen LogP contribution in [0.3, 0.4) is 0 Å². The molecule has 0 amide bonds. The van der Waals surface area contributed by atoms with Crippen molar-refractivity contribution >= 4 is 33.6 Å². The van der Waals surface area contributed by atoms with Crippen LogP contribution in [-0.4, -0.2) is 24.7 Å². The summed E-state index contributed by atoms with van der Waals surface area (Å²) in [6, 6.07) is 12.0. The van der Waals surface area contributed by atoms with Crippen molar-refractivity contribution in [1.29, 1.82) is 0 Å². The van der Waals surface area contributed by atoms with Crippen LogP contribution in [0.15, 0.2) is 48.5 Å². The van der Waals surface area contributed by atoms with Gasteiger partial charge in [0, 0.05) is 6.08 Å². The monoisotopic (exact) mass is 391 g/mol. The van der Waals surface area contributed by atoms with Crippen molar-refractivity contribution in [2.24, 2.45) is 0 Å². The maximum atomic E-state index is 12.3. The van der Waals surface area contributed by atoms with E-state index in [4.69, 9.17) is 9.47 Å². The first-order chi connectivity index (χ1) is 13.0. The quantitative estimate of drug-likeness (QED) is 0.433. The molecule has 0 unspecified atom stereocenters. The number of thiazole rings is 1. The molecule has 0 fully saturated rings. The van der Waals surface area contributed by atoms with Crippen molar-refractivity contribution < 1.29 is 27.8 Å². The van der Waals surface area contributed by atoms with E-state index in [9.17, 15) is 13.6 Å². The van der Waals surface area contributed by atoms with E-state index in [1.165, 1.54) is 48.8 Å². The number of hydrogen-bond acceptors (Lipinski definition) is 6. The van der Waals surface area contributed by atoms with E-state index in [0.717, 1.165) is 10.2 Å². The van der Waals surface area contributed by atoms with Crippen LogP contribution >= 0.6 is 11.3 Å². The highest BCUT2D eigenvalue weighted by Gasteiger charge is 2.10. The Morgan fingerprint density at radius 2 is 2.04 bits per heavy atom. The van der Waals surface area contributed by atoms with Crippen LogP contribution in [-0.2, 0) is 16.1 Å². The zero-order valence-corrected chi connectivity index (χ0v) is 15.0. The highest BCUT2D eigenvalue weighted by Crippen LogP contribution is 2.30. The van der Waals surface area contributed by atoms with Crippen LogP contribution in [0.4, 0.5) is 8.78 Å². The Bertz CT molecular complexity index is 938. The van der Waals surface area contributed by atoms with Crippen molar-refractivity contribution in [2.45, 2.75) is 13.2 Å². The lowest BCUT2D eigenvalue weighted by Crippen LogP contribution is -2.03. The van der Waals surface area contributed by atoms with Crippen molar-refractivity contribution in [2.75, 3.05) is 7.11 Å². The Labute approximate surface area is 157 Å². The third-order valence-corrected chi connectivity index (χ3v) is 4.50. The lowest BCUT2D eigenvalue weighted by atomic mass is 10.2. The molecule has 27 heavy (non-hydrogen) atoms. The molecule has 1 aromatic heterocycles. The molecule has 1 heterocycles. The first-order valence-electron chi connectivity index (χ1n) is 7.87. The standard InChI is InChI=1S/C19H15F2NO4S/c1-24-15-10-12(6-8-14(15)26-19(20)21)7-9-18(23)25-11-17-22-13-4-2-3-5-16(13)27-17/h2-10,19H,11H2,1H3/b9-7+. The van der Waals surface area contributed by atoms with Gasteiger partial charge >= 0.3 is 12.6 Å². The minimum absolute atomic E-state index is 0.0764. The average molecular weight is 391 g/mol. The molecular weight excluding hydrogens is 376 g/mol. The highest BCUT2D eigenvalue weighted by atomic mass is 32.1. The summed E-state index contributed by atoms with van der Waals surface area (Å²) in [7, 11) is 1.34. The Hall–Kier alpha value is -3.00. The average Bonchev–Trinajstić information content (AvgIpc) is 3.08. The molecule has 0 saturated heterocycles. The molecule has 5 nitrogen and oxygen atoms in total. The second-order valence-electron chi connectivity index (χ2n) is 5.31. The maximum absolute atomic E-state index is 12.3. The minimum Gasteiger partial charge on any atom is -0.493 e. The number of nitrogens with zero attached hydrogens (tertiary/aromatic N) is 1. The van der Waals surface area contributed by atoms with Gasteiger partial charge in [0.15, 0.2) is 11.5 Å². The number of aromatic nitrogens is 1. The van der Waals surface area contributed by atoms with Gasteiger partial charge in [0.1, 0.15) is 11.6 Å². The van der Waals surface area contributed by atoms with Crippen molar-refractivity contribution in [3.8, 4) is 11.5 Å². The Morgan fingerprint density at radius 1 is 1.22 bits per heavy atom. The molecule has 3 rings (SSSR count). The van der Waals surface area contributed by atoms with Gasteiger partial charge in [-0.2, -0.15) is 8.78 Å². The predicted molar refractivity (Wildman–Crippen MR) is 98.1 cm³/mol. The van der Waals surface area contributed by atoms with Gasteiger partial charge in [0.25, 0.3) is 0 Å². The van der Waals surface area contributed by atoms with Gasteiger partial charge in [-0.15, -0.1) is 11.3 Å². The van der Waals surface area contributed by atoms with E-state index in [1.807, 2.05) is 24.3 Å². The molecule has 0 aliphatic rings. The van der Waals surface area contributed by atoms with E-state index < -0.39 is 12.6 Å². The number of hydrogen-bond donors (Lipinski definition) is 0. The number of rotatable bonds is 7. The molecule has 140 valence electrons. The summed E-state index contributed by atoms with van der Waals surface area (Å²) in [5, 5.41) is 0.702. The van der Waals surface area contributed by atoms with Gasteiger partial charge in [-0.3, -0.25) is 0 Å². The van der Waals surface area contributed by atoms with Crippen molar-refractivity contribution in [3.05, 3.63) is 59.1 Å². The Morgan fingerprint density at radius 3 is 2.78 bits per heavy atom. The summed E-state index contributed by atoms with van der Waals surface area (Å²) in [6.07, 6.45) is 2.74. The van der Waals surface area contributed by atoms with Gasteiger partial charge in [-0.1, -0.05) is 18.2 Å². The molecule has 0 bridgehead atoms. The molecule has 0 saturated carbocycles. The zero-order chi connectivity index (χ0) is 19.2. The summed E-state index contributed by atoms with van der Waals surface area (Å²) in [4.78, 5) is 16.3. The number of halogens is 2. The van der Waals surface area contributed by atoms with Gasteiger partial charge in [-0.25, -0.2) is 9.78 Å². The third-order valence-electron chi connectivity index (χ3n) is 3.49.